The Hall–Kier alpha value is -1.01. The summed E-state index contributed by atoms with van der Waals surface area (Å²) in [5.74, 6) is 1.12. The van der Waals surface area contributed by atoms with Crippen LogP contribution in [0.1, 0.15) is 20.3 Å². The lowest BCUT2D eigenvalue weighted by Gasteiger charge is -2.19. The molecule has 0 amide bonds. The van der Waals surface area contributed by atoms with Crippen LogP contribution in [0.25, 0.3) is 0 Å². The van der Waals surface area contributed by atoms with E-state index in [4.69, 9.17) is 10.5 Å². The smallest absolute Gasteiger partial charge is 0.197 e. The summed E-state index contributed by atoms with van der Waals surface area (Å²) in [5, 5.41) is 4.23. The molecule has 0 radical (unpaired) electrons. The average Bonchev–Trinajstić information content (AvgIpc) is 2.68. The predicted molar refractivity (Wildman–Crippen MR) is 74.0 cm³/mol. The molecule has 0 aromatic carbocycles. The van der Waals surface area contributed by atoms with E-state index in [9.17, 15) is 0 Å². The first-order valence-electron chi connectivity index (χ1n) is 5.98. The van der Waals surface area contributed by atoms with Crippen LogP contribution < -0.4 is 15.8 Å². The van der Waals surface area contributed by atoms with E-state index in [0.29, 0.717) is 11.6 Å². The fraction of sp³-hybridized carbons (Fsp3) is 0.727. The minimum absolute atomic E-state index is 0.459. The molecule has 1 aromatic rings. The van der Waals surface area contributed by atoms with Crippen LogP contribution in [-0.4, -0.2) is 42.6 Å². The van der Waals surface area contributed by atoms with Crippen molar-refractivity contribution in [1.29, 1.82) is 0 Å². The molecule has 0 unspecified atom stereocenters. The zero-order chi connectivity index (χ0) is 12.7. The highest BCUT2D eigenvalue weighted by Gasteiger charge is 2.11. The fourth-order valence-electron chi connectivity index (χ4n) is 1.68. The number of nitrogen functional groups attached to an aromatic ring is 1. The van der Waals surface area contributed by atoms with E-state index in [1.54, 1.807) is 7.11 Å². The highest BCUT2D eigenvalue weighted by Crippen LogP contribution is 2.34. The molecule has 6 heteroatoms. The highest BCUT2D eigenvalue weighted by atomic mass is 32.1. The van der Waals surface area contributed by atoms with Crippen molar-refractivity contribution in [3.05, 3.63) is 0 Å². The van der Waals surface area contributed by atoms with Crippen LogP contribution in [-0.2, 0) is 0 Å². The van der Waals surface area contributed by atoms with Crippen LogP contribution >= 0.6 is 11.5 Å². The van der Waals surface area contributed by atoms with E-state index in [0.717, 1.165) is 31.2 Å². The molecule has 1 rings (SSSR count). The van der Waals surface area contributed by atoms with Crippen molar-refractivity contribution >= 4 is 22.4 Å². The molecule has 0 spiro atoms. The van der Waals surface area contributed by atoms with Crippen LogP contribution in [0.5, 0.6) is 5.75 Å². The number of aromatic nitrogens is 1. The summed E-state index contributed by atoms with van der Waals surface area (Å²) >= 11 is 1.34. The van der Waals surface area contributed by atoms with Gasteiger partial charge in [0.15, 0.2) is 16.6 Å². The van der Waals surface area contributed by atoms with Gasteiger partial charge in [0.1, 0.15) is 0 Å². The molecular formula is C11H22N4OS. The Morgan fingerprint density at radius 2 is 2.18 bits per heavy atom. The van der Waals surface area contributed by atoms with Crippen molar-refractivity contribution in [3.63, 3.8) is 0 Å². The number of ether oxygens (including phenoxy) is 1. The average molecular weight is 258 g/mol. The fourth-order valence-corrected chi connectivity index (χ4v) is 2.39. The largest absolute Gasteiger partial charge is 0.490 e. The molecule has 0 aliphatic carbocycles. The van der Waals surface area contributed by atoms with Gasteiger partial charge in [0.05, 0.1) is 7.11 Å². The first-order valence-corrected chi connectivity index (χ1v) is 6.75. The summed E-state index contributed by atoms with van der Waals surface area (Å²) in [6, 6.07) is 0. The van der Waals surface area contributed by atoms with Crippen LogP contribution in [0.3, 0.4) is 0 Å². The van der Waals surface area contributed by atoms with Crippen LogP contribution in [0, 0.1) is 0 Å². The standard InChI is InChI=1S/C11H22N4OS/c1-4-7-15(5-2)8-6-13-11-9(16-3)10(12)14-17-11/h13H,4-8H2,1-3H3,(H2,12,14). The number of nitrogens with zero attached hydrogens (tertiary/aromatic N) is 2. The zero-order valence-corrected chi connectivity index (χ0v) is 11.6. The van der Waals surface area contributed by atoms with E-state index < -0.39 is 0 Å². The Kier molecular flexibility index (Phi) is 6.07. The van der Waals surface area contributed by atoms with Gasteiger partial charge in [-0.25, -0.2) is 0 Å². The number of methoxy groups -OCH3 is 1. The Morgan fingerprint density at radius 3 is 2.76 bits per heavy atom. The lowest BCUT2D eigenvalue weighted by molar-refractivity contribution is 0.300. The molecule has 5 nitrogen and oxygen atoms in total. The van der Waals surface area contributed by atoms with Crippen LogP contribution in [0.15, 0.2) is 0 Å². The van der Waals surface area contributed by atoms with Gasteiger partial charge in [-0.05, 0) is 31.0 Å². The number of nitrogens with one attached hydrogen (secondary N) is 1. The predicted octanol–water partition coefficient (Wildman–Crippen LogP) is 1.88. The van der Waals surface area contributed by atoms with Gasteiger partial charge in [-0.2, -0.15) is 4.37 Å². The van der Waals surface area contributed by atoms with Crippen molar-refractivity contribution in [2.45, 2.75) is 20.3 Å². The molecule has 0 bridgehead atoms. The molecule has 0 aliphatic rings. The summed E-state index contributed by atoms with van der Waals surface area (Å²) in [4.78, 5) is 2.41. The van der Waals surface area contributed by atoms with Gasteiger partial charge in [0.2, 0.25) is 0 Å². The molecule has 0 saturated carbocycles. The summed E-state index contributed by atoms with van der Waals surface area (Å²) in [6.45, 7) is 8.50. The van der Waals surface area contributed by atoms with Crippen molar-refractivity contribution < 1.29 is 4.74 Å². The van der Waals surface area contributed by atoms with Gasteiger partial charge in [-0.15, -0.1) is 0 Å². The molecule has 0 aliphatic heterocycles. The van der Waals surface area contributed by atoms with Crippen LogP contribution in [0.2, 0.25) is 0 Å². The van der Waals surface area contributed by atoms with Crippen molar-refractivity contribution in [3.8, 4) is 5.75 Å². The SMILES string of the molecule is CCCN(CC)CCNc1snc(N)c1OC. The minimum atomic E-state index is 0.459. The number of hydrogen-bond donors (Lipinski definition) is 2. The second-order valence-corrected chi connectivity index (χ2v) is 4.56. The number of anilines is 2. The molecule has 0 fully saturated rings. The molecule has 98 valence electrons. The quantitative estimate of drug-likeness (QED) is 0.745. The van der Waals surface area contributed by atoms with Crippen molar-refractivity contribution in [2.75, 3.05) is 44.3 Å². The third-order valence-corrected chi connectivity index (χ3v) is 3.38. The van der Waals surface area contributed by atoms with E-state index in [-0.39, 0.29) is 0 Å². The van der Waals surface area contributed by atoms with Gasteiger partial charge in [0.25, 0.3) is 0 Å². The van der Waals surface area contributed by atoms with Gasteiger partial charge in [-0.1, -0.05) is 13.8 Å². The molecule has 17 heavy (non-hydrogen) atoms. The van der Waals surface area contributed by atoms with E-state index >= 15 is 0 Å². The van der Waals surface area contributed by atoms with Crippen molar-refractivity contribution in [2.24, 2.45) is 0 Å². The third-order valence-electron chi connectivity index (χ3n) is 2.58. The van der Waals surface area contributed by atoms with E-state index in [2.05, 4.69) is 28.4 Å². The zero-order valence-electron chi connectivity index (χ0n) is 10.8. The van der Waals surface area contributed by atoms with Gasteiger partial charge < -0.3 is 20.7 Å². The van der Waals surface area contributed by atoms with Crippen molar-refractivity contribution in [1.82, 2.24) is 9.27 Å². The lowest BCUT2D eigenvalue weighted by atomic mass is 10.4. The molecular weight excluding hydrogens is 236 g/mol. The molecule has 1 heterocycles. The Morgan fingerprint density at radius 1 is 1.41 bits per heavy atom. The molecule has 0 saturated heterocycles. The maximum atomic E-state index is 5.68. The highest BCUT2D eigenvalue weighted by molar-refractivity contribution is 7.11. The van der Waals surface area contributed by atoms with Gasteiger partial charge in [0, 0.05) is 13.1 Å². The number of likely N-dealkylation sites (N-methyl/N-ethyl adjacent to an activating group) is 1. The molecule has 0 atom stereocenters. The molecule has 1 aromatic heterocycles. The Bertz CT molecular complexity index is 329. The maximum Gasteiger partial charge on any atom is 0.197 e. The Labute approximate surface area is 107 Å². The number of rotatable bonds is 8. The second-order valence-electron chi connectivity index (χ2n) is 3.79. The first-order chi connectivity index (χ1) is 8.22. The van der Waals surface area contributed by atoms with E-state index in [1.165, 1.54) is 18.0 Å². The number of nitrogens with two attached hydrogens (primary N) is 1. The lowest BCUT2D eigenvalue weighted by Crippen LogP contribution is -2.29. The first kappa shape index (κ1) is 14.1. The van der Waals surface area contributed by atoms with E-state index in [1.807, 2.05) is 0 Å². The second kappa shape index (κ2) is 7.34. The monoisotopic (exact) mass is 258 g/mol. The van der Waals surface area contributed by atoms with Gasteiger partial charge >= 0.3 is 0 Å². The number of hydrogen-bond acceptors (Lipinski definition) is 6. The van der Waals surface area contributed by atoms with Gasteiger partial charge in [-0.3, -0.25) is 0 Å². The summed E-state index contributed by atoms with van der Waals surface area (Å²) < 4.78 is 9.25. The van der Waals surface area contributed by atoms with Crippen LogP contribution in [0.4, 0.5) is 10.8 Å². The minimum Gasteiger partial charge on any atom is -0.490 e. The maximum absolute atomic E-state index is 5.68. The summed E-state index contributed by atoms with van der Waals surface area (Å²) in [5.41, 5.74) is 5.68. The third kappa shape index (κ3) is 4.05. The Balaban J connectivity index is 2.39. The molecule has 3 N–H and O–H groups in total. The summed E-state index contributed by atoms with van der Waals surface area (Å²) in [7, 11) is 1.61. The summed E-state index contributed by atoms with van der Waals surface area (Å²) in [6.07, 6.45) is 1.19. The topological polar surface area (TPSA) is 63.4 Å². The normalized spacial score (nSPS) is 10.8.